The lowest BCUT2D eigenvalue weighted by molar-refractivity contribution is -0.140. The maximum absolute atomic E-state index is 11.6. The molecule has 6 N–H and O–H groups in total. The average molecular weight is 252 g/mol. The molecule has 0 bridgehead atoms. The summed E-state index contributed by atoms with van der Waals surface area (Å²) in [4.78, 5) is 22.1. The molecule has 0 saturated heterocycles. The molecule has 2 atom stereocenters. The SMILES string of the molecule is NC(Cc1ccc(O)cc1)C(=O)C[C@@H](N)C(=O)O. The van der Waals surface area contributed by atoms with Crippen LogP contribution < -0.4 is 11.5 Å². The Morgan fingerprint density at radius 1 is 1.11 bits per heavy atom. The maximum atomic E-state index is 11.6. The van der Waals surface area contributed by atoms with E-state index in [0.29, 0.717) is 0 Å². The predicted molar refractivity (Wildman–Crippen MR) is 65.0 cm³/mol. The van der Waals surface area contributed by atoms with Crippen LogP contribution >= 0.6 is 0 Å². The van der Waals surface area contributed by atoms with Crippen molar-refractivity contribution >= 4 is 11.8 Å². The zero-order valence-corrected chi connectivity index (χ0v) is 9.74. The van der Waals surface area contributed by atoms with Crippen LogP contribution in [0, 0.1) is 0 Å². The van der Waals surface area contributed by atoms with Crippen LogP contribution in [0.15, 0.2) is 24.3 Å². The minimum absolute atomic E-state index is 0.131. The molecule has 0 aliphatic heterocycles. The number of ketones is 1. The van der Waals surface area contributed by atoms with Gasteiger partial charge in [-0.05, 0) is 24.1 Å². The van der Waals surface area contributed by atoms with Crippen molar-refractivity contribution in [1.29, 1.82) is 0 Å². The number of hydrogen-bond acceptors (Lipinski definition) is 5. The van der Waals surface area contributed by atoms with Gasteiger partial charge >= 0.3 is 5.97 Å². The Labute approximate surface area is 104 Å². The quantitative estimate of drug-likeness (QED) is 0.547. The number of carboxylic acid groups (broad SMARTS) is 1. The normalized spacial score (nSPS) is 13.9. The molecule has 0 aliphatic rings. The minimum atomic E-state index is -1.22. The van der Waals surface area contributed by atoms with Crippen molar-refractivity contribution in [3.05, 3.63) is 29.8 Å². The molecule has 0 aliphatic carbocycles. The molecule has 6 heteroatoms. The third kappa shape index (κ3) is 4.15. The molecule has 0 spiro atoms. The van der Waals surface area contributed by atoms with Crippen molar-refractivity contribution in [2.75, 3.05) is 0 Å². The van der Waals surface area contributed by atoms with E-state index in [1.165, 1.54) is 12.1 Å². The van der Waals surface area contributed by atoms with Gasteiger partial charge in [0.15, 0.2) is 5.78 Å². The van der Waals surface area contributed by atoms with Crippen molar-refractivity contribution in [2.24, 2.45) is 11.5 Å². The lowest BCUT2D eigenvalue weighted by atomic mass is 9.99. The summed E-state index contributed by atoms with van der Waals surface area (Å²) >= 11 is 0. The molecule has 1 aromatic rings. The molecule has 1 aromatic carbocycles. The van der Waals surface area contributed by atoms with E-state index in [1.54, 1.807) is 12.1 Å². The number of benzene rings is 1. The molecule has 1 unspecified atom stereocenters. The smallest absolute Gasteiger partial charge is 0.320 e. The number of hydrogen-bond donors (Lipinski definition) is 4. The molecule has 0 saturated carbocycles. The minimum Gasteiger partial charge on any atom is -0.508 e. The first-order chi connectivity index (χ1) is 8.40. The van der Waals surface area contributed by atoms with Gasteiger partial charge in [-0.3, -0.25) is 9.59 Å². The molecule has 0 aromatic heterocycles. The third-order valence-electron chi connectivity index (χ3n) is 2.54. The number of aliphatic carboxylic acids is 1. The molecule has 18 heavy (non-hydrogen) atoms. The van der Waals surface area contributed by atoms with Gasteiger partial charge in [0.05, 0.1) is 6.04 Å². The Kier molecular flexibility index (Phi) is 4.82. The largest absolute Gasteiger partial charge is 0.508 e. The average Bonchev–Trinajstić information content (AvgIpc) is 2.31. The summed E-state index contributed by atoms with van der Waals surface area (Å²) in [6, 6.07) is 4.29. The second-order valence-corrected chi connectivity index (χ2v) is 4.09. The Hall–Kier alpha value is -1.92. The summed E-state index contributed by atoms with van der Waals surface area (Å²) in [6.45, 7) is 0. The molecule has 0 radical (unpaired) electrons. The number of Topliss-reactive ketones (excluding diaryl/α,β-unsaturated/α-hetero) is 1. The monoisotopic (exact) mass is 252 g/mol. The van der Waals surface area contributed by atoms with E-state index in [1.807, 2.05) is 0 Å². The van der Waals surface area contributed by atoms with Crippen molar-refractivity contribution in [2.45, 2.75) is 24.9 Å². The van der Waals surface area contributed by atoms with Crippen LogP contribution in [-0.2, 0) is 16.0 Å². The Morgan fingerprint density at radius 3 is 2.17 bits per heavy atom. The van der Waals surface area contributed by atoms with Gasteiger partial charge < -0.3 is 21.7 Å². The molecule has 6 nitrogen and oxygen atoms in total. The van der Waals surface area contributed by atoms with E-state index in [-0.39, 0.29) is 18.6 Å². The van der Waals surface area contributed by atoms with Crippen LogP contribution in [0.1, 0.15) is 12.0 Å². The van der Waals surface area contributed by atoms with Gasteiger partial charge in [0.1, 0.15) is 11.8 Å². The van der Waals surface area contributed by atoms with Crippen LogP contribution in [0.4, 0.5) is 0 Å². The number of aromatic hydroxyl groups is 1. The fraction of sp³-hybridized carbons (Fsp3) is 0.333. The standard InChI is InChI=1S/C12H16N2O4/c13-9(11(16)6-10(14)12(17)18)5-7-1-3-8(15)4-2-7/h1-4,9-10,15H,5-6,13-14H2,(H,17,18)/t9?,10-/m1/s1. The third-order valence-corrected chi connectivity index (χ3v) is 2.54. The van der Waals surface area contributed by atoms with Crippen LogP contribution in [0.5, 0.6) is 5.75 Å². The summed E-state index contributed by atoms with van der Waals surface area (Å²) in [7, 11) is 0. The van der Waals surface area contributed by atoms with Gasteiger partial charge in [0.2, 0.25) is 0 Å². The lowest BCUT2D eigenvalue weighted by Gasteiger charge is -2.12. The van der Waals surface area contributed by atoms with E-state index in [0.717, 1.165) is 5.56 Å². The van der Waals surface area contributed by atoms with Crippen molar-refractivity contribution in [3.8, 4) is 5.75 Å². The summed E-state index contributed by atoms with van der Waals surface area (Å²) in [5.41, 5.74) is 11.7. The highest BCUT2D eigenvalue weighted by Gasteiger charge is 2.21. The van der Waals surface area contributed by atoms with Gasteiger partial charge in [-0.1, -0.05) is 12.1 Å². The predicted octanol–water partition coefficient (Wildman–Crippen LogP) is -0.367. The topological polar surface area (TPSA) is 127 Å². The van der Waals surface area contributed by atoms with Gasteiger partial charge in [-0.15, -0.1) is 0 Å². The number of carbonyl (C=O) groups excluding carboxylic acids is 1. The van der Waals surface area contributed by atoms with Gasteiger partial charge in [0, 0.05) is 6.42 Å². The zero-order valence-electron chi connectivity index (χ0n) is 9.74. The Morgan fingerprint density at radius 2 is 1.67 bits per heavy atom. The molecule has 0 heterocycles. The number of phenols is 1. The summed E-state index contributed by atoms with van der Waals surface area (Å²) in [5.74, 6) is -1.48. The summed E-state index contributed by atoms with van der Waals surface area (Å²) in [6.07, 6.45) is 0.0000357. The molecular weight excluding hydrogens is 236 g/mol. The highest BCUT2D eigenvalue weighted by atomic mass is 16.4. The van der Waals surface area contributed by atoms with Crippen molar-refractivity contribution in [3.63, 3.8) is 0 Å². The molecule has 98 valence electrons. The number of rotatable bonds is 6. The first-order valence-corrected chi connectivity index (χ1v) is 5.44. The van der Waals surface area contributed by atoms with Gasteiger partial charge in [-0.2, -0.15) is 0 Å². The van der Waals surface area contributed by atoms with Crippen LogP contribution in [0.3, 0.4) is 0 Å². The lowest BCUT2D eigenvalue weighted by Crippen LogP contribution is -2.40. The highest BCUT2D eigenvalue weighted by Crippen LogP contribution is 2.11. The number of phenolic OH excluding ortho intramolecular Hbond substituents is 1. The molecular formula is C12H16N2O4. The van der Waals surface area contributed by atoms with Crippen molar-refractivity contribution < 1.29 is 19.8 Å². The fourth-order valence-corrected chi connectivity index (χ4v) is 1.46. The number of nitrogens with two attached hydrogens (primary N) is 2. The van der Waals surface area contributed by atoms with E-state index < -0.39 is 23.8 Å². The second kappa shape index (κ2) is 6.13. The van der Waals surface area contributed by atoms with E-state index in [4.69, 9.17) is 21.7 Å². The first kappa shape index (κ1) is 14.1. The highest BCUT2D eigenvalue weighted by molar-refractivity contribution is 5.89. The van der Waals surface area contributed by atoms with E-state index in [2.05, 4.69) is 0 Å². The van der Waals surface area contributed by atoms with Crippen molar-refractivity contribution in [1.82, 2.24) is 0 Å². The maximum Gasteiger partial charge on any atom is 0.320 e. The molecule has 0 amide bonds. The van der Waals surface area contributed by atoms with E-state index >= 15 is 0 Å². The number of carboxylic acids is 1. The Bertz CT molecular complexity index is 430. The number of carbonyl (C=O) groups is 2. The fourth-order valence-electron chi connectivity index (χ4n) is 1.46. The zero-order chi connectivity index (χ0) is 13.7. The Balaban J connectivity index is 2.54. The van der Waals surface area contributed by atoms with Crippen LogP contribution in [0.2, 0.25) is 0 Å². The molecule has 0 fully saturated rings. The van der Waals surface area contributed by atoms with Crippen LogP contribution in [-0.4, -0.2) is 34.0 Å². The first-order valence-electron chi connectivity index (χ1n) is 5.44. The second-order valence-electron chi connectivity index (χ2n) is 4.09. The van der Waals surface area contributed by atoms with E-state index in [9.17, 15) is 9.59 Å². The summed E-state index contributed by atoms with van der Waals surface area (Å²) < 4.78 is 0. The molecule has 1 rings (SSSR count). The van der Waals surface area contributed by atoms with Gasteiger partial charge in [0.25, 0.3) is 0 Å². The summed E-state index contributed by atoms with van der Waals surface area (Å²) in [5, 5.41) is 17.7. The van der Waals surface area contributed by atoms with Crippen LogP contribution in [0.25, 0.3) is 0 Å². The van der Waals surface area contributed by atoms with Gasteiger partial charge in [-0.25, -0.2) is 0 Å².